The highest BCUT2D eigenvalue weighted by Crippen LogP contribution is 2.28. The van der Waals surface area contributed by atoms with Gasteiger partial charge in [-0.05, 0) is 50.2 Å². The van der Waals surface area contributed by atoms with Crippen molar-refractivity contribution in [2.75, 3.05) is 36.5 Å². The molecule has 1 heterocycles. The molecule has 0 aliphatic carbocycles. The van der Waals surface area contributed by atoms with Crippen LogP contribution in [0.3, 0.4) is 0 Å². The smallest absolute Gasteiger partial charge is 0.257 e. The Morgan fingerprint density at radius 3 is 2.55 bits per heavy atom. The van der Waals surface area contributed by atoms with Gasteiger partial charge >= 0.3 is 0 Å². The lowest BCUT2D eigenvalue weighted by molar-refractivity contribution is -0.123. The predicted molar refractivity (Wildman–Crippen MR) is 117 cm³/mol. The highest BCUT2D eigenvalue weighted by atomic mass is 16.5. The van der Waals surface area contributed by atoms with Gasteiger partial charge in [-0.3, -0.25) is 14.4 Å². The van der Waals surface area contributed by atoms with Crippen molar-refractivity contribution in [3.05, 3.63) is 48.5 Å². The van der Waals surface area contributed by atoms with Crippen LogP contribution in [0.15, 0.2) is 48.5 Å². The minimum absolute atomic E-state index is 0.0941. The van der Waals surface area contributed by atoms with Gasteiger partial charge < -0.3 is 25.0 Å². The van der Waals surface area contributed by atoms with Gasteiger partial charge in [-0.1, -0.05) is 6.07 Å². The van der Waals surface area contributed by atoms with Gasteiger partial charge in [0.05, 0.1) is 12.5 Å². The molecule has 8 heteroatoms. The molecule has 1 atom stereocenters. The number of anilines is 2. The van der Waals surface area contributed by atoms with Gasteiger partial charge in [-0.15, -0.1) is 0 Å². The zero-order chi connectivity index (χ0) is 22.2. The first-order valence-corrected chi connectivity index (χ1v) is 10.3. The molecule has 1 fully saturated rings. The second-order valence-corrected chi connectivity index (χ2v) is 7.09. The number of hydrogen-bond donors (Lipinski definition) is 2. The number of nitrogens with one attached hydrogen (secondary N) is 2. The molecule has 31 heavy (non-hydrogen) atoms. The lowest BCUT2D eigenvalue weighted by Crippen LogP contribution is -2.28. The van der Waals surface area contributed by atoms with Crippen LogP contribution in [0.25, 0.3) is 0 Å². The van der Waals surface area contributed by atoms with E-state index in [2.05, 4.69) is 10.6 Å². The summed E-state index contributed by atoms with van der Waals surface area (Å²) >= 11 is 0. The number of hydrogen-bond acceptors (Lipinski definition) is 5. The molecule has 1 unspecified atom stereocenters. The zero-order valence-corrected chi connectivity index (χ0v) is 17.7. The van der Waals surface area contributed by atoms with Crippen LogP contribution in [-0.2, 0) is 14.4 Å². The van der Waals surface area contributed by atoms with Crippen molar-refractivity contribution in [2.24, 2.45) is 5.92 Å². The summed E-state index contributed by atoms with van der Waals surface area (Å²) in [7, 11) is 0. The Labute approximate surface area is 181 Å². The van der Waals surface area contributed by atoms with E-state index in [0.717, 1.165) is 11.4 Å². The van der Waals surface area contributed by atoms with E-state index in [1.54, 1.807) is 29.2 Å². The summed E-state index contributed by atoms with van der Waals surface area (Å²) in [5, 5.41) is 5.49. The van der Waals surface area contributed by atoms with Gasteiger partial charge in [0.2, 0.25) is 11.8 Å². The highest BCUT2D eigenvalue weighted by molar-refractivity contribution is 6.03. The first-order valence-electron chi connectivity index (χ1n) is 10.3. The molecular formula is C23H27N3O5. The third-order valence-electron chi connectivity index (χ3n) is 4.80. The normalized spacial score (nSPS) is 15.5. The number of rotatable bonds is 9. The third-order valence-corrected chi connectivity index (χ3v) is 4.80. The first kappa shape index (κ1) is 22.1. The summed E-state index contributed by atoms with van der Waals surface area (Å²) in [6.07, 6.45) is 0.145. The van der Waals surface area contributed by atoms with Crippen LogP contribution in [0, 0.1) is 5.92 Å². The molecule has 2 N–H and O–H groups in total. The minimum atomic E-state index is -0.459. The van der Waals surface area contributed by atoms with E-state index < -0.39 is 5.92 Å². The van der Waals surface area contributed by atoms with Crippen LogP contribution in [-0.4, -0.2) is 44.0 Å². The molecule has 8 nitrogen and oxygen atoms in total. The van der Waals surface area contributed by atoms with Gasteiger partial charge in [0.15, 0.2) is 6.61 Å². The standard InChI is InChI=1S/C23H27N3O5/c1-3-24-21(27)15-31-20-7-5-6-17(13-20)25-23(29)16-12-22(28)26(14-16)18-8-10-19(11-9-18)30-4-2/h5-11,13,16H,3-4,12,14-15H2,1-2H3,(H,24,27)(H,25,29). The van der Waals surface area contributed by atoms with E-state index in [0.29, 0.717) is 31.1 Å². The molecule has 3 amide bonds. The monoisotopic (exact) mass is 425 g/mol. The molecular weight excluding hydrogens is 398 g/mol. The van der Waals surface area contributed by atoms with Crippen molar-refractivity contribution in [1.29, 1.82) is 0 Å². The molecule has 2 aromatic rings. The van der Waals surface area contributed by atoms with Crippen molar-refractivity contribution in [3.63, 3.8) is 0 Å². The second-order valence-electron chi connectivity index (χ2n) is 7.09. The number of benzene rings is 2. The number of nitrogens with zero attached hydrogens (tertiary/aromatic N) is 1. The largest absolute Gasteiger partial charge is 0.494 e. The molecule has 164 valence electrons. The Morgan fingerprint density at radius 2 is 1.84 bits per heavy atom. The van der Waals surface area contributed by atoms with E-state index in [1.165, 1.54) is 0 Å². The van der Waals surface area contributed by atoms with Crippen LogP contribution in [0.1, 0.15) is 20.3 Å². The van der Waals surface area contributed by atoms with E-state index in [1.807, 2.05) is 38.1 Å². The highest BCUT2D eigenvalue weighted by Gasteiger charge is 2.35. The van der Waals surface area contributed by atoms with Gasteiger partial charge in [-0.2, -0.15) is 0 Å². The van der Waals surface area contributed by atoms with Gasteiger partial charge in [0, 0.05) is 37.0 Å². The Hall–Kier alpha value is -3.55. The van der Waals surface area contributed by atoms with Gasteiger partial charge in [0.1, 0.15) is 11.5 Å². The molecule has 0 aromatic heterocycles. The van der Waals surface area contributed by atoms with Crippen LogP contribution < -0.4 is 25.0 Å². The Balaban J connectivity index is 1.58. The maximum Gasteiger partial charge on any atom is 0.257 e. The van der Waals surface area contributed by atoms with Gasteiger partial charge in [-0.25, -0.2) is 0 Å². The van der Waals surface area contributed by atoms with E-state index in [-0.39, 0.29) is 30.7 Å². The Morgan fingerprint density at radius 1 is 1.06 bits per heavy atom. The molecule has 3 rings (SSSR count). The zero-order valence-electron chi connectivity index (χ0n) is 17.7. The second kappa shape index (κ2) is 10.5. The first-order chi connectivity index (χ1) is 15.0. The lowest BCUT2D eigenvalue weighted by atomic mass is 10.1. The van der Waals surface area contributed by atoms with Crippen LogP contribution in [0.4, 0.5) is 11.4 Å². The average Bonchev–Trinajstić information content (AvgIpc) is 3.15. The summed E-state index contributed by atoms with van der Waals surface area (Å²) < 4.78 is 10.9. The van der Waals surface area contributed by atoms with Crippen LogP contribution in [0.5, 0.6) is 11.5 Å². The van der Waals surface area contributed by atoms with Crippen molar-refractivity contribution < 1.29 is 23.9 Å². The van der Waals surface area contributed by atoms with Crippen molar-refractivity contribution in [2.45, 2.75) is 20.3 Å². The fraction of sp³-hybridized carbons (Fsp3) is 0.348. The van der Waals surface area contributed by atoms with E-state index in [9.17, 15) is 14.4 Å². The molecule has 0 radical (unpaired) electrons. The summed E-state index contributed by atoms with van der Waals surface area (Å²) in [5.74, 6) is 0.213. The fourth-order valence-corrected chi connectivity index (χ4v) is 3.33. The van der Waals surface area contributed by atoms with Crippen molar-refractivity contribution in [3.8, 4) is 11.5 Å². The molecule has 0 saturated carbocycles. The molecule has 0 bridgehead atoms. The minimum Gasteiger partial charge on any atom is -0.494 e. The van der Waals surface area contributed by atoms with Crippen LogP contribution in [0.2, 0.25) is 0 Å². The molecule has 1 aliphatic rings. The fourth-order valence-electron chi connectivity index (χ4n) is 3.33. The third kappa shape index (κ3) is 5.97. The summed E-state index contributed by atoms with van der Waals surface area (Å²) in [4.78, 5) is 38.3. The topological polar surface area (TPSA) is 97.0 Å². The molecule has 0 spiro atoms. The predicted octanol–water partition coefficient (Wildman–Crippen LogP) is 2.59. The number of carbonyl (C=O) groups excluding carboxylic acids is 3. The van der Waals surface area contributed by atoms with Crippen molar-refractivity contribution >= 4 is 29.1 Å². The maximum absolute atomic E-state index is 12.7. The van der Waals surface area contributed by atoms with E-state index >= 15 is 0 Å². The lowest BCUT2D eigenvalue weighted by Gasteiger charge is -2.17. The number of amides is 3. The van der Waals surface area contributed by atoms with Gasteiger partial charge in [0.25, 0.3) is 5.91 Å². The quantitative estimate of drug-likeness (QED) is 0.644. The van der Waals surface area contributed by atoms with Crippen LogP contribution >= 0.6 is 0 Å². The molecule has 1 saturated heterocycles. The number of ether oxygens (including phenoxy) is 2. The summed E-state index contributed by atoms with van der Waals surface area (Å²) in [5.41, 5.74) is 1.29. The number of carbonyl (C=O) groups is 3. The SMILES string of the molecule is CCNC(=O)COc1cccc(NC(=O)C2CC(=O)N(c3ccc(OCC)cc3)C2)c1. The summed E-state index contributed by atoms with van der Waals surface area (Å²) in [6, 6.07) is 14.1. The molecule has 1 aliphatic heterocycles. The number of likely N-dealkylation sites (N-methyl/N-ethyl adjacent to an activating group) is 1. The average molecular weight is 425 g/mol. The Kier molecular flexibility index (Phi) is 7.48. The summed E-state index contributed by atoms with van der Waals surface area (Å²) in [6.45, 7) is 5.06. The Bertz CT molecular complexity index is 929. The van der Waals surface area contributed by atoms with E-state index in [4.69, 9.17) is 9.47 Å². The maximum atomic E-state index is 12.7. The molecule has 2 aromatic carbocycles. The van der Waals surface area contributed by atoms with Crippen molar-refractivity contribution in [1.82, 2.24) is 5.32 Å².